The summed E-state index contributed by atoms with van der Waals surface area (Å²) in [6.07, 6.45) is 0.763. The Labute approximate surface area is 109 Å². The lowest BCUT2D eigenvalue weighted by Crippen LogP contribution is -2.34. The van der Waals surface area contributed by atoms with E-state index in [9.17, 15) is 8.42 Å². The molecule has 0 radical (unpaired) electrons. The molecule has 0 bridgehead atoms. The number of nitrogens with zero attached hydrogens (tertiary/aromatic N) is 1. The predicted octanol–water partition coefficient (Wildman–Crippen LogP) is 1.15. The van der Waals surface area contributed by atoms with Crippen molar-refractivity contribution in [1.29, 1.82) is 0 Å². The van der Waals surface area contributed by atoms with Gasteiger partial charge >= 0.3 is 0 Å². The average molecular weight is 268 g/mol. The van der Waals surface area contributed by atoms with Crippen molar-refractivity contribution >= 4 is 10.0 Å². The molecule has 1 aromatic rings. The highest BCUT2D eigenvalue weighted by atomic mass is 32.2. The maximum atomic E-state index is 12.2. The maximum absolute atomic E-state index is 12.2. The summed E-state index contributed by atoms with van der Waals surface area (Å²) in [6.45, 7) is 2.97. The summed E-state index contributed by atoms with van der Waals surface area (Å²) in [5.74, 6) is 0.164. The molecule has 1 fully saturated rings. The van der Waals surface area contributed by atoms with Gasteiger partial charge in [-0.25, -0.2) is 12.7 Å². The second-order valence-corrected chi connectivity index (χ2v) is 7.01. The Hall–Kier alpha value is -0.910. The van der Waals surface area contributed by atoms with Gasteiger partial charge in [0.2, 0.25) is 10.0 Å². The van der Waals surface area contributed by atoms with Crippen LogP contribution in [0.5, 0.6) is 0 Å². The van der Waals surface area contributed by atoms with Crippen molar-refractivity contribution in [2.75, 3.05) is 18.8 Å². The number of nitrogens with two attached hydrogens (primary N) is 1. The largest absolute Gasteiger partial charge is 0.326 e. The Morgan fingerprint density at radius 3 is 2.61 bits per heavy atom. The molecule has 2 rings (SSSR count). The average Bonchev–Trinajstić information content (AvgIpc) is 2.77. The lowest BCUT2D eigenvalue weighted by Gasteiger charge is -2.19. The molecule has 0 aromatic heterocycles. The first-order valence-corrected chi connectivity index (χ1v) is 7.88. The quantitative estimate of drug-likeness (QED) is 0.891. The number of hydrogen-bond donors (Lipinski definition) is 1. The highest BCUT2D eigenvalue weighted by Gasteiger charge is 2.30. The van der Waals surface area contributed by atoms with Crippen molar-refractivity contribution in [1.82, 2.24) is 4.31 Å². The lowest BCUT2D eigenvalue weighted by molar-refractivity contribution is 0.469. The number of sulfonamides is 1. The van der Waals surface area contributed by atoms with Crippen LogP contribution >= 0.6 is 0 Å². The predicted molar refractivity (Wildman–Crippen MR) is 72.8 cm³/mol. The van der Waals surface area contributed by atoms with E-state index in [0.29, 0.717) is 13.1 Å². The van der Waals surface area contributed by atoms with Gasteiger partial charge in [-0.1, -0.05) is 37.3 Å². The van der Waals surface area contributed by atoms with E-state index in [1.807, 2.05) is 37.3 Å². The van der Waals surface area contributed by atoms with Gasteiger partial charge in [-0.15, -0.1) is 0 Å². The summed E-state index contributed by atoms with van der Waals surface area (Å²) < 4.78 is 26.0. The molecular weight excluding hydrogens is 248 g/mol. The third kappa shape index (κ3) is 3.10. The molecule has 5 heteroatoms. The molecule has 1 saturated heterocycles. The van der Waals surface area contributed by atoms with Crippen molar-refractivity contribution < 1.29 is 8.42 Å². The molecule has 0 saturated carbocycles. The monoisotopic (exact) mass is 268 g/mol. The third-order valence-corrected chi connectivity index (χ3v) is 5.45. The summed E-state index contributed by atoms with van der Waals surface area (Å²) in [7, 11) is -3.19. The van der Waals surface area contributed by atoms with Crippen molar-refractivity contribution in [2.24, 2.45) is 5.73 Å². The van der Waals surface area contributed by atoms with Crippen LogP contribution in [0.4, 0.5) is 0 Å². The molecule has 1 heterocycles. The second-order valence-electron chi connectivity index (χ2n) is 5.00. The molecule has 0 amide bonds. The molecule has 4 nitrogen and oxygen atoms in total. The van der Waals surface area contributed by atoms with Gasteiger partial charge in [0.15, 0.2) is 0 Å². The molecular formula is C13H20N2O2S. The van der Waals surface area contributed by atoms with Crippen molar-refractivity contribution in [2.45, 2.75) is 25.3 Å². The van der Waals surface area contributed by atoms with E-state index in [1.165, 1.54) is 4.31 Å². The SMILES string of the molecule is CC(CS(=O)(=O)N1CCC(N)C1)c1ccccc1. The summed E-state index contributed by atoms with van der Waals surface area (Å²) in [5.41, 5.74) is 6.82. The minimum absolute atomic E-state index is 0.00743. The molecule has 2 N–H and O–H groups in total. The van der Waals surface area contributed by atoms with Crippen molar-refractivity contribution in [3.8, 4) is 0 Å². The van der Waals surface area contributed by atoms with Gasteiger partial charge in [-0.05, 0) is 17.9 Å². The van der Waals surface area contributed by atoms with E-state index in [0.717, 1.165) is 12.0 Å². The molecule has 1 aliphatic heterocycles. The van der Waals surface area contributed by atoms with Gasteiger partial charge in [0.05, 0.1) is 5.75 Å². The summed E-state index contributed by atoms with van der Waals surface area (Å²) >= 11 is 0. The first kappa shape index (κ1) is 13.5. The fourth-order valence-corrected chi connectivity index (χ4v) is 4.14. The lowest BCUT2D eigenvalue weighted by atomic mass is 10.0. The van der Waals surface area contributed by atoms with Crippen LogP contribution in [-0.4, -0.2) is 37.6 Å². The number of benzene rings is 1. The van der Waals surface area contributed by atoms with Crippen LogP contribution in [0.2, 0.25) is 0 Å². The topological polar surface area (TPSA) is 63.4 Å². The second kappa shape index (κ2) is 5.38. The Bertz CT molecular complexity index is 487. The van der Waals surface area contributed by atoms with Gasteiger partial charge in [0.1, 0.15) is 0 Å². The summed E-state index contributed by atoms with van der Waals surface area (Å²) in [5, 5.41) is 0. The molecule has 0 spiro atoms. The van der Waals surface area contributed by atoms with Crippen molar-refractivity contribution in [3.05, 3.63) is 35.9 Å². The van der Waals surface area contributed by atoms with E-state index in [-0.39, 0.29) is 17.7 Å². The van der Waals surface area contributed by atoms with E-state index in [1.54, 1.807) is 0 Å². The zero-order chi connectivity index (χ0) is 13.2. The zero-order valence-electron chi connectivity index (χ0n) is 10.6. The molecule has 1 aliphatic rings. The van der Waals surface area contributed by atoms with Gasteiger partial charge in [-0.2, -0.15) is 0 Å². The Morgan fingerprint density at radius 2 is 2.06 bits per heavy atom. The van der Waals surface area contributed by atoms with E-state index in [2.05, 4.69) is 0 Å². The normalized spacial score (nSPS) is 23.1. The minimum atomic E-state index is -3.19. The smallest absolute Gasteiger partial charge is 0.214 e. The zero-order valence-corrected chi connectivity index (χ0v) is 11.4. The van der Waals surface area contributed by atoms with Crippen LogP contribution < -0.4 is 5.73 Å². The first-order chi connectivity index (χ1) is 8.49. The summed E-state index contributed by atoms with van der Waals surface area (Å²) in [6, 6.07) is 9.73. The molecule has 2 unspecified atom stereocenters. The summed E-state index contributed by atoms with van der Waals surface area (Å²) in [4.78, 5) is 0. The van der Waals surface area contributed by atoms with Gasteiger partial charge in [-0.3, -0.25) is 0 Å². The van der Waals surface area contributed by atoms with Gasteiger partial charge in [0, 0.05) is 19.1 Å². The van der Waals surface area contributed by atoms with Gasteiger partial charge < -0.3 is 5.73 Å². The Kier molecular flexibility index (Phi) is 4.04. The Morgan fingerprint density at radius 1 is 1.39 bits per heavy atom. The van der Waals surface area contributed by atoms with Crippen LogP contribution in [0.25, 0.3) is 0 Å². The van der Waals surface area contributed by atoms with Crippen LogP contribution in [0.1, 0.15) is 24.8 Å². The molecule has 18 heavy (non-hydrogen) atoms. The maximum Gasteiger partial charge on any atom is 0.214 e. The van der Waals surface area contributed by atoms with Gasteiger partial charge in [0.25, 0.3) is 0 Å². The van der Waals surface area contributed by atoms with Crippen LogP contribution in [0.3, 0.4) is 0 Å². The Balaban J connectivity index is 2.04. The molecule has 2 atom stereocenters. The van der Waals surface area contributed by atoms with E-state index >= 15 is 0 Å². The highest BCUT2D eigenvalue weighted by molar-refractivity contribution is 7.89. The molecule has 1 aromatic carbocycles. The molecule has 0 aliphatic carbocycles. The fourth-order valence-electron chi connectivity index (χ4n) is 2.31. The highest BCUT2D eigenvalue weighted by Crippen LogP contribution is 2.21. The third-order valence-electron chi connectivity index (χ3n) is 3.41. The van der Waals surface area contributed by atoms with Crippen LogP contribution in [-0.2, 0) is 10.0 Å². The fraction of sp³-hybridized carbons (Fsp3) is 0.538. The van der Waals surface area contributed by atoms with E-state index in [4.69, 9.17) is 5.73 Å². The standard InChI is InChI=1S/C13H20N2O2S/c1-11(12-5-3-2-4-6-12)10-18(16,17)15-8-7-13(14)9-15/h2-6,11,13H,7-10,14H2,1H3. The molecule has 100 valence electrons. The minimum Gasteiger partial charge on any atom is -0.326 e. The van der Waals surface area contributed by atoms with Crippen LogP contribution in [0.15, 0.2) is 30.3 Å². The number of hydrogen-bond acceptors (Lipinski definition) is 3. The van der Waals surface area contributed by atoms with E-state index < -0.39 is 10.0 Å². The van der Waals surface area contributed by atoms with Crippen LogP contribution in [0, 0.1) is 0 Å². The van der Waals surface area contributed by atoms with Crippen molar-refractivity contribution in [3.63, 3.8) is 0 Å². The number of rotatable bonds is 4. The first-order valence-electron chi connectivity index (χ1n) is 6.27.